The minimum absolute atomic E-state index is 0.100. The predicted molar refractivity (Wildman–Crippen MR) is 128 cm³/mol. The lowest BCUT2D eigenvalue weighted by atomic mass is 9.98. The van der Waals surface area contributed by atoms with E-state index in [1.807, 2.05) is 20.8 Å². The fourth-order valence-corrected chi connectivity index (χ4v) is 5.15. The summed E-state index contributed by atoms with van der Waals surface area (Å²) in [5.41, 5.74) is -0.339. The maximum atomic E-state index is 15.7. The van der Waals surface area contributed by atoms with Gasteiger partial charge in [0, 0.05) is 11.6 Å². The largest absolute Gasteiger partial charge is 0.298 e. The summed E-state index contributed by atoms with van der Waals surface area (Å²) in [6, 6.07) is 9.02. The molecule has 0 aliphatic rings. The Bertz CT molecular complexity index is 1400. The molecule has 2 heterocycles. The lowest BCUT2D eigenvalue weighted by Gasteiger charge is -2.14. The highest BCUT2D eigenvalue weighted by molar-refractivity contribution is 7.86. The van der Waals surface area contributed by atoms with Crippen LogP contribution in [0.5, 0.6) is 0 Å². The topological polar surface area (TPSA) is 67.8 Å². The van der Waals surface area contributed by atoms with Gasteiger partial charge in [0.2, 0.25) is 0 Å². The number of rotatable bonds is 5. The van der Waals surface area contributed by atoms with E-state index in [2.05, 4.69) is 19.7 Å². The first-order valence-corrected chi connectivity index (χ1v) is 12.2. The standard InChI is InChI=1S/C24H21F3N4OS2/c1-13-28-11-10-18(29-13)22-21(30-23(33-22)24(2,3)4)19-16(26)8-9-17(20(19)27)31-34(32)15-7-5-6-14(25)12-15/h5-12,31H,1-4H3. The third kappa shape index (κ3) is 4.88. The molecular formula is C24H21F3N4OS2. The minimum Gasteiger partial charge on any atom is -0.298 e. The molecule has 0 aliphatic carbocycles. The molecule has 176 valence electrons. The molecule has 0 fully saturated rings. The quantitative estimate of drug-likeness (QED) is 0.342. The second-order valence-electron chi connectivity index (χ2n) is 8.55. The van der Waals surface area contributed by atoms with E-state index in [1.165, 1.54) is 29.5 Å². The second-order valence-corrected chi connectivity index (χ2v) is 10.8. The van der Waals surface area contributed by atoms with Crippen LogP contribution in [-0.2, 0) is 16.4 Å². The van der Waals surface area contributed by atoms with Crippen LogP contribution in [0, 0.1) is 24.4 Å². The molecule has 1 N–H and O–H groups in total. The summed E-state index contributed by atoms with van der Waals surface area (Å²) in [6.07, 6.45) is 1.57. The molecule has 0 aliphatic heterocycles. The van der Waals surface area contributed by atoms with Crippen LogP contribution in [-0.4, -0.2) is 19.2 Å². The van der Waals surface area contributed by atoms with Crippen molar-refractivity contribution in [2.24, 2.45) is 0 Å². The van der Waals surface area contributed by atoms with Crippen molar-refractivity contribution in [3.05, 3.63) is 76.9 Å². The van der Waals surface area contributed by atoms with Crippen molar-refractivity contribution in [3.8, 4) is 21.8 Å². The summed E-state index contributed by atoms with van der Waals surface area (Å²) in [5.74, 6) is -1.84. The fourth-order valence-electron chi connectivity index (χ4n) is 3.16. The highest BCUT2D eigenvalue weighted by atomic mass is 32.2. The van der Waals surface area contributed by atoms with Crippen molar-refractivity contribution in [3.63, 3.8) is 0 Å². The first-order chi connectivity index (χ1) is 16.0. The molecule has 34 heavy (non-hydrogen) atoms. The number of nitrogens with zero attached hydrogens (tertiary/aromatic N) is 3. The minimum atomic E-state index is -1.97. The Morgan fingerprint density at radius 1 is 1.03 bits per heavy atom. The first-order valence-electron chi connectivity index (χ1n) is 10.3. The smallest absolute Gasteiger partial charge is 0.159 e. The van der Waals surface area contributed by atoms with Crippen molar-refractivity contribution in [2.75, 3.05) is 4.72 Å². The zero-order valence-electron chi connectivity index (χ0n) is 18.8. The average Bonchev–Trinajstić information content (AvgIpc) is 3.21. The molecule has 0 amide bonds. The van der Waals surface area contributed by atoms with Crippen molar-refractivity contribution in [2.45, 2.75) is 38.0 Å². The maximum Gasteiger partial charge on any atom is 0.159 e. The average molecular weight is 503 g/mol. The summed E-state index contributed by atoms with van der Waals surface area (Å²) in [4.78, 5) is 13.7. The van der Waals surface area contributed by atoms with Crippen LogP contribution in [0.3, 0.4) is 0 Å². The van der Waals surface area contributed by atoms with Crippen LogP contribution in [0.2, 0.25) is 0 Å². The van der Waals surface area contributed by atoms with Gasteiger partial charge in [0.15, 0.2) is 5.82 Å². The zero-order chi connectivity index (χ0) is 24.6. The molecule has 2 aromatic heterocycles. The van der Waals surface area contributed by atoms with Crippen LogP contribution >= 0.6 is 11.3 Å². The molecular weight excluding hydrogens is 481 g/mol. The molecule has 0 spiro atoms. The molecule has 1 unspecified atom stereocenters. The van der Waals surface area contributed by atoms with E-state index in [0.717, 1.165) is 18.2 Å². The van der Waals surface area contributed by atoms with Gasteiger partial charge in [-0.15, -0.1) is 11.3 Å². The van der Waals surface area contributed by atoms with E-state index >= 15 is 8.78 Å². The van der Waals surface area contributed by atoms with E-state index in [1.54, 1.807) is 19.2 Å². The van der Waals surface area contributed by atoms with Gasteiger partial charge in [-0.3, -0.25) is 4.72 Å². The Morgan fingerprint density at radius 2 is 1.79 bits per heavy atom. The lowest BCUT2D eigenvalue weighted by molar-refractivity contribution is 0.580. The molecule has 5 nitrogen and oxygen atoms in total. The Morgan fingerprint density at radius 3 is 2.47 bits per heavy atom. The van der Waals surface area contributed by atoms with Gasteiger partial charge >= 0.3 is 0 Å². The van der Waals surface area contributed by atoms with Gasteiger partial charge in [-0.25, -0.2) is 32.3 Å². The number of thiazole rings is 1. The first kappa shape index (κ1) is 24.0. The molecule has 0 bridgehead atoms. The summed E-state index contributed by atoms with van der Waals surface area (Å²) >= 11 is 1.30. The van der Waals surface area contributed by atoms with Crippen molar-refractivity contribution < 1.29 is 17.4 Å². The molecule has 0 radical (unpaired) electrons. The number of benzene rings is 2. The molecule has 4 rings (SSSR count). The van der Waals surface area contributed by atoms with Crippen LogP contribution in [0.25, 0.3) is 21.8 Å². The van der Waals surface area contributed by atoms with Gasteiger partial charge in [0.1, 0.15) is 28.4 Å². The molecule has 2 aromatic carbocycles. The van der Waals surface area contributed by atoms with Crippen LogP contribution < -0.4 is 4.72 Å². The molecule has 0 saturated heterocycles. The monoisotopic (exact) mass is 502 g/mol. The number of hydrogen-bond acceptors (Lipinski definition) is 5. The summed E-state index contributed by atoms with van der Waals surface area (Å²) in [7, 11) is -1.97. The maximum absolute atomic E-state index is 15.7. The fraction of sp³-hybridized carbons (Fsp3) is 0.208. The summed E-state index contributed by atoms with van der Waals surface area (Å²) in [5, 5.41) is 0.675. The predicted octanol–water partition coefficient (Wildman–Crippen LogP) is 6.43. The van der Waals surface area contributed by atoms with Crippen LogP contribution in [0.15, 0.2) is 53.6 Å². The third-order valence-corrected chi connectivity index (χ3v) is 7.41. The summed E-state index contributed by atoms with van der Waals surface area (Å²) < 4.78 is 59.4. The van der Waals surface area contributed by atoms with Gasteiger partial charge in [-0.05, 0) is 43.3 Å². The molecule has 4 aromatic rings. The van der Waals surface area contributed by atoms with Gasteiger partial charge < -0.3 is 0 Å². The van der Waals surface area contributed by atoms with E-state index < -0.39 is 28.4 Å². The number of halogens is 3. The Hall–Kier alpha value is -3.11. The lowest BCUT2D eigenvalue weighted by Crippen LogP contribution is -2.10. The van der Waals surface area contributed by atoms with Crippen LogP contribution in [0.1, 0.15) is 31.6 Å². The summed E-state index contributed by atoms with van der Waals surface area (Å²) in [6.45, 7) is 7.59. The van der Waals surface area contributed by atoms with Gasteiger partial charge in [-0.2, -0.15) is 0 Å². The van der Waals surface area contributed by atoms with E-state index in [4.69, 9.17) is 0 Å². The Balaban J connectivity index is 1.85. The number of hydrogen-bond donors (Lipinski definition) is 1. The van der Waals surface area contributed by atoms with E-state index in [9.17, 15) is 8.60 Å². The normalized spacial score (nSPS) is 12.6. The van der Waals surface area contributed by atoms with Crippen molar-refractivity contribution in [1.29, 1.82) is 0 Å². The molecule has 1 atom stereocenters. The highest BCUT2D eigenvalue weighted by Gasteiger charge is 2.28. The molecule has 10 heteroatoms. The van der Waals surface area contributed by atoms with Crippen molar-refractivity contribution in [1.82, 2.24) is 15.0 Å². The third-order valence-electron chi connectivity index (χ3n) is 4.82. The van der Waals surface area contributed by atoms with Crippen molar-refractivity contribution >= 4 is 28.0 Å². The number of aromatic nitrogens is 3. The molecule has 0 saturated carbocycles. The van der Waals surface area contributed by atoms with E-state index in [0.29, 0.717) is 21.4 Å². The number of nitrogens with one attached hydrogen (secondary N) is 1. The van der Waals surface area contributed by atoms with E-state index in [-0.39, 0.29) is 27.3 Å². The Kier molecular flexibility index (Phi) is 6.55. The number of anilines is 1. The zero-order valence-corrected chi connectivity index (χ0v) is 20.5. The van der Waals surface area contributed by atoms with Crippen LogP contribution in [0.4, 0.5) is 18.9 Å². The Labute approximate surface area is 201 Å². The SMILES string of the molecule is Cc1nccc(-c2sc(C(C)(C)C)nc2-c2c(F)ccc(NS(=O)c3cccc(F)c3)c2F)n1. The van der Waals surface area contributed by atoms with Gasteiger partial charge in [0.25, 0.3) is 0 Å². The van der Waals surface area contributed by atoms with Gasteiger partial charge in [-0.1, -0.05) is 26.8 Å². The van der Waals surface area contributed by atoms with Gasteiger partial charge in [0.05, 0.1) is 37.4 Å². The second kappa shape index (κ2) is 9.27. The highest BCUT2D eigenvalue weighted by Crippen LogP contribution is 2.42. The number of aryl methyl sites for hydroxylation is 1.